The molecule has 7 heteroatoms. The van der Waals surface area contributed by atoms with Crippen molar-refractivity contribution in [3.8, 4) is 12.3 Å². The van der Waals surface area contributed by atoms with E-state index in [2.05, 4.69) is 10.9 Å². The predicted octanol–water partition coefficient (Wildman–Crippen LogP) is 1.53. The lowest BCUT2D eigenvalue weighted by atomic mass is 10.1. The molecule has 0 bridgehead atoms. The summed E-state index contributed by atoms with van der Waals surface area (Å²) in [6.07, 6.45) is 5.77. The van der Waals surface area contributed by atoms with E-state index in [0.717, 1.165) is 26.2 Å². The number of carbonyl (C=O) groups is 3. The van der Waals surface area contributed by atoms with E-state index < -0.39 is 5.91 Å². The first-order valence-electron chi connectivity index (χ1n) is 7.85. The molecule has 3 amide bonds. The zero-order valence-electron chi connectivity index (χ0n) is 14.0. The minimum absolute atomic E-state index is 0.157. The maximum atomic E-state index is 12.3. The van der Waals surface area contributed by atoms with Crippen molar-refractivity contribution in [3.05, 3.63) is 28.1 Å². The highest BCUT2D eigenvalue weighted by atomic mass is 32.1. The van der Waals surface area contributed by atoms with Gasteiger partial charge in [-0.15, -0.1) is 6.42 Å². The summed E-state index contributed by atoms with van der Waals surface area (Å²) < 4.78 is 2.79. The number of fused-ring (bicyclic) bond motifs is 1. The summed E-state index contributed by atoms with van der Waals surface area (Å²) in [7, 11) is 0. The molecular weight excluding hydrogens is 338 g/mol. The van der Waals surface area contributed by atoms with Gasteiger partial charge in [0.15, 0.2) is 4.80 Å². The molecule has 0 atom stereocenters. The molecule has 1 saturated heterocycles. The number of imide groups is 1. The van der Waals surface area contributed by atoms with E-state index in [4.69, 9.17) is 6.42 Å². The summed E-state index contributed by atoms with van der Waals surface area (Å²) >= 11 is 1.37. The molecule has 0 unspecified atom stereocenters. The van der Waals surface area contributed by atoms with Crippen LogP contribution in [0.15, 0.2) is 17.1 Å². The maximum Gasteiger partial charge on any atom is 0.268 e. The number of carbonyl (C=O) groups excluding carboxylic acids is 3. The van der Waals surface area contributed by atoms with Crippen molar-refractivity contribution in [1.82, 2.24) is 9.47 Å². The van der Waals surface area contributed by atoms with Gasteiger partial charge in [0.05, 0.1) is 16.8 Å². The number of terminal acetylenes is 1. The van der Waals surface area contributed by atoms with Gasteiger partial charge < -0.3 is 4.57 Å². The van der Waals surface area contributed by atoms with Gasteiger partial charge in [-0.1, -0.05) is 17.3 Å². The number of amides is 3. The highest BCUT2D eigenvalue weighted by Crippen LogP contribution is 2.22. The minimum Gasteiger partial charge on any atom is -0.305 e. The van der Waals surface area contributed by atoms with Crippen molar-refractivity contribution in [2.45, 2.75) is 33.2 Å². The largest absolute Gasteiger partial charge is 0.305 e. The van der Waals surface area contributed by atoms with Gasteiger partial charge in [0.2, 0.25) is 11.8 Å². The van der Waals surface area contributed by atoms with Crippen LogP contribution in [0.25, 0.3) is 10.2 Å². The lowest BCUT2D eigenvalue weighted by Crippen LogP contribution is -2.34. The van der Waals surface area contributed by atoms with Crippen molar-refractivity contribution >= 4 is 39.3 Å². The summed E-state index contributed by atoms with van der Waals surface area (Å²) in [5, 5.41) is 0. The SMILES string of the molecule is C#CCn1c(=NC(=O)CN2C(=O)CCC2=O)sc2cc(C)c(C)cc21. The van der Waals surface area contributed by atoms with Crippen LogP contribution in [0, 0.1) is 26.2 Å². The van der Waals surface area contributed by atoms with Crippen LogP contribution >= 0.6 is 11.3 Å². The topological polar surface area (TPSA) is 71.7 Å². The molecular formula is C18H17N3O3S. The maximum absolute atomic E-state index is 12.3. The minimum atomic E-state index is -0.533. The number of benzene rings is 1. The lowest BCUT2D eigenvalue weighted by molar-refractivity contribution is -0.141. The van der Waals surface area contributed by atoms with Gasteiger partial charge in [-0.3, -0.25) is 19.3 Å². The molecule has 2 aromatic rings. The Balaban J connectivity index is 2.02. The van der Waals surface area contributed by atoms with Gasteiger partial charge in [-0.2, -0.15) is 4.99 Å². The molecule has 2 heterocycles. The Labute approximate surface area is 148 Å². The van der Waals surface area contributed by atoms with E-state index in [-0.39, 0.29) is 37.7 Å². The fourth-order valence-corrected chi connectivity index (χ4v) is 3.85. The first-order valence-corrected chi connectivity index (χ1v) is 8.67. The van der Waals surface area contributed by atoms with E-state index in [1.165, 1.54) is 11.3 Å². The van der Waals surface area contributed by atoms with E-state index in [1.54, 1.807) is 4.57 Å². The van der Waals surface area contributed by atoms with E-state index in [1.807, 2.05) is 26.0 Å². The fraction of sp³-hybridized carbons (Fsp3) is 0.333. The quantitative estimate of drug-likeness (QED) is 0.619. The summed E-state index contributed by atoms with van der Waals surface area (Å²) in [4.78, 5) is 41.1. The second kappa shape index (κ2) is 6.65. The number of aromatic nitrogens is 1. The average Bonchev–Trinajstić information content (AvgIpc) is 3.03. The Bertz CT molecular complexity index is 991. The van der Waals surface area contributed by atoms with E-state index in [0.29, 0.717) is 4.80 Å². The molecule has 1 aliphatic rings. The summed E-state index contributed by atoms with van der Waals surface area (Å²) in [6.45, 7) is 4.00. The molecule has 1 fully saturated rings. The Kier molecular flexibility index (Phi) is 4.55. The fourth-order valence-electron chi connectivity index (χ4n) is 2.73. The number of hydrogen-bond acceptors (Lipinski definition) is 4. The zero-order chi connectivity index (χ0) is 18.1. The van der Waals surface area contributed by atoms with Crippen LogP contribution in [0.3, 0.4) is 0 Å². The number of rotatable bonds is 3. The van der Waals surface area contributed by atoms with Crippen molar-refractivity contribution in [2.75, 3.05) is 6.54 Å². The molecule has 0 saturated carbocycles. The molecule has 25 heavy (non-hydrogen) atoms. The highest BCUT2D eigenvalue weighted by molar-refractivity contribution is 7.16. The van der Waals surface area contributed by atoms with Crippen molar-refractivity contribution in [1.29, 1.82) is 0 Å². The van der Waals surface area contributed by atoms with E-state index in [9.17, 15) is 14.4 Å². The third kappa shape index (κ3) is 3.26. The molecule has 0 radical (unpaired) electrons. The zero-order valence-corrected chi connectivity index (χ0v) is 14.9. The Hall–Kier alpha value is -2.72. The van der Waals surface area contributed by atoms with Crippen LogP contribution in [-0.4, -0.2) is 33.7 Å². The molecule has 0 spiro atoms. The summed E-state index contributed by atoms with van der Waals surface area (Å²) in [5.74, 6) is 1.39. The molecule has 0 N–H and O–H groups in total. The number of likely N-dealkylation sites (tertiary alicyclic amines) is 1. The van der Waals surface area contributed by atoms with Crippen LogP contribution in [0.2, 0.25) is 0 Å². The van der Waals surface area contributed by atoms with Gasteiger partial charge >= 0.3 is 0 Å². The molecule has 6 nitrogen and oxygen atoms in total. The van der Waals surface area contributed by atoms with Crippen molar-refractivity contribution in [2.24, 2.45) is 4.99 Å². The Morgan fingerprint density at radius 1 is 1.24 bits per heavy atom. The van der Waals surface area contributed by atoms with Gasteiger partial charge in [-0.25, -0.2) is 0 Å². The molecule has 3 rings (SSSR count). The molecule has 1 aromatic heterocycles. The van der Waals surface area contributed by atoms with Gasteiger partial charge in [0.25, 0.3) is 5.91 Å². The summed E-state index contributed by atoms with van der Waals surface area (Å²) in [5.41, 5.74) is 3.20. The normalized spacial score (nSPS) is 15.2. The molecule has 128 valence electrons. The monoisotopic (exact) mass is 355 g/mol. The Morgan fingerprint density at radius 2 is 1.88 bits per heavy atom. The number of aryl methyl sites for hydroxylation is 2. The number of hydrogen-bond donors (Lipinski definition) is 0. The highest BCUT2D eigenvalue weighted by Gasteiger charge is 2.30. The third-order valence-corrected chi connectivity index (χ3v) is 5.26. The van der Waals surface area contributed by atoms with Gasteiger partial charge in [0, 0.05) is 12.8 Å². The van der Waals surface area contributed by atoms with Crippen LogP contribution in [0.1, 0.15) is 24.0 Å². The molecule has 1 aliphatic heterocycles. The molecule has 1 aromatic carbocycles. The average molecular weight is 355 g/mol. The van der Waals surface area contributed by atoms with Gasteiger partial charge in [-0.05, 0) is 37.1 Å². The predicted molar refractivity (Wildman–Crippen MR) is 94.6 cm³/mol. The smallest absolute Gasteiger partial charge is 0.268 e. The van der Waals surface area contributed by atoms with Crippen LogP contribution in [0.4, 0.5) is 0 Å². The van der Waals surface area contributed by atoms with Crippen LogP contribution < -0.4 is 4.80 Å². The van der Waals surface area contributed by atoms with Crippen molar-refractivity contribution in [3.63, 3.8) is 0 Å². The van der Waals surface area contributed by atoms with Crippen LogP contribution in [0.5, 0.6) is 0 Å². The van der Waals surface area contributed by atoms with E-state index >= 15 is 0 Å². The number of nitrogens with zero attached hydrogens (tertiary/aromatic N) is 3. The first-order chi connectivity index (χ1) is 11.9. The second-order valence-corrected chi connectivity index (χ2v) is 6.97. The van der Waals surface area contributed by atoms with Gasteiger partial charge in [0.1, 0.15) is 6.54 Å². The standard InChI is InChI=1S/C18H17N3O3S/c1-4-7-20-13-8-11(2)12(3)9-14(13)25-18(20)19-15(22)10-21-16(23)5-6-17(21)24/h1,8-9H,5-7,10H2,2-3H3. The number of thiazole rings is 1. The first kappa shape index (κ1) is 17.1. The second-order valence-electron chi connectivity index (χ2n) is 5.96. The van der Waals surface area contributed by atoms with Crippen molar-refractivity contribution < 1.29 is 14.4 Å². The third-order valence-electron chi connectivity index (χ3n) is 4.22. The molecule has 0 aliphatic carbocycles. The Morgan fingerprint density at radius 3 is 2.52 bits per heavy atom. The summed E-state index contributed by atoms with van der Waals surface area (Å²) in [6, 6.07) is 4.06. The van der Waals surface area contributed by atoms with Crippen LogP contribution in [-0.2, 0) is 20.9 Å². The lowest BCUT2D eigenvalue weighted by Gasteiger charge is -2.10.